The molecular weight excluding hydrogens is 196 g/mol. The van der Waals surface area contributed by atoms with Gasteiger partial charge in [0.15, 0.2) is 0 Å². The Bertz CT molecular complexity index is 312. The number of carbonyl (C=O) groups is 1. The van der Waals surface area contributed by atoms with E-state index in [0.717, 1.165) is 4.90 Å². The second kappa shape index (κ2) is 3.83. The summed E-state index contributed by atoms with van der Waals surface area (Å²) in [5.74, 6) is -0.990. The Balaban J connectivity index is 3.23. The molecular formula is C8H7ClO2S. The highest BCUT2D eigenvalue weighted by molar-refractivity contribution is 7.98. The number of thioether (sulfide) groups is 1. The van der Waals surface area contributed by atoms with E-state index in [1.807, 2.05) is 6.26 Å². The third-order valence-corrected chi connectivity index (χ3v) is 2.71. The lowest BCUT2D eigenvalue weighted by Gasteiger charge is -2.02. The molecule has 1 aromatic carbocycles. The van der Waals surface area contributed by atoms with Gasteiger partial charge in [-0.25, -0.2) is 4.79 Å². The maximum absolute atomic E-state index is 10.6. The number of halogens is 1. The van der Waals surface area contributed by atoms with Gasteiger partial charge in [0.1, 0.15) is 0 Å². The van der Waals surface area contributed by atoms with Crippen LogP contribution in [-0.4, -0.2) is 17.3 Å². The minimum atomic E-state index is -0.990. The molecule has 1 rings (SSSR count). The van der Waals surface area contributed by atoms with Crippen LogP contribution in [0.3, 0.4) is 0 Å². The molecule has 0 saturated carbocycles. The van der Waals surface area contributed by atoms with Crippen LogP contribution in [-0.2, 0) is 0 Å². The fourth-order valence-corrected chi connectivity index (χ4v) is 1.78. The van der Waals surface area contributed by atoms with E-state index in [1.54, 1.807) is 12.1 Å². The van der Waals surface area contributed by atoms with E-state index in [0.29, 0.717) is 5.02 Å². The van der Waals surface area contributed by atoms with Crippen LogP contribution in [0.15, 0.2) is 23.1 Å². The first-order valence-corrected chi connectivity index (χ1v) is 4.83. The molecule has 0 fully saturated rings. The van der Waals surface area contributed by atoms with Crippen molar-refractivity contribution in [2.24, 2.45) is 0 Å². The number of hydrogen-bond acceptors (Lipinski definition) is 2. The number of benzene rings is 1. The number of hydrogen-bond donors (Lipinski definition) is 1. The normalized spacial score (nSPS) is 9.83. The highest BCUT2D eigenvalue weighted by Gasteiger charge is 2.10. The lowest BCUT2D eigenvalue weighted by molar-refractivity contribution is 0.0697. The number of aromatic carboxylic acids is 1. The summed E-state index contributed by atoms with van der Waals surface area (Å²) in [7, 11) is 0. The maximum atomic E-state index is 10.6. The molecule has 0 atom stereocenters. The van der Waals surface area contributed by atoms with Crippen LogP contribution in [0.25, 0.3) is 0 Å². The molecule has 1 aromatic rings. The van der Waals surface area contributed by atoms with Gasteiger partial charge in [0.2, 0.25) is 0 Å². The summed E-state index contributed by atoms with van der Waals surface area (Å²) in [4.78, 5) is 11.4. The summed E-state index contributed by atoms with van der Waals surface area (Å²) in [6.07, 6.45) is 1.85. The van der Waals surface area contributed by atoms with Crippen molar-refractivity contribution in [1.29, 1.82) is 0 Å². The standard InChI is InChI=1S/C8H7ClO2S/c1-12-6-4-2-3-5(7(6)9)8(10)11/h2-4H,1H3,(H,10,11). The van der Waals surface area contributed by atoms with E-state index >= 15 is 0 Å². The molecule has 0 radical (unpaired) electrons. The van der Waals surface area contributed by atoms with Crippen molar-refractivity contribution in [3.63, 3.8) is 0 Å². The zero-order valence-corrected chi connectivity index (χ0v) is 7.95. The number of rotatable bonds is 2. The predicted octanol–water partition coefficient (Wildman–Crippen LogP) is 2.76. The van der Waals surface area contributed by atoms with Crippen LogP contribution in [0.1, 0.15) is 10.4 Å². The molecule has 0 amide bonds. The second-order valence-electron chi connectivity index (χ2n) is 2.13. The van der Waals surface area contributed by atoms with Crippen molar-refractivity contribution >= 4 is 29.3 Å². The molecule has 64 valence electrons. The lowest BCUT2D eigenvalue weighted by Crippen LogP contribution is -1.97. The van der Waals surface area contributed by atoms with Crippen LogP contribution >= 0.6 is 23.4 Å². The van der Waals surface area contributed by atoms with Gasteiger partial charge in [0.05, 0.1) is 10.6 Å². The van der Waals surface area contributed by atoms with Gasteiger partial charge in [-0.3, -0.25) is 0 Å². The van der Waals surface area contributed by atoms with Crippen molar-refractivity contribution in [3.05, 3.63) is 28.8 Å². The Kier molecular flexibility index (Phi) is 3.00. The first kappa shape index (κ1) is 9.42. The Labute approximate surface area is 79.5 Å². The lowest BCUT2D eigenvalue weighted by atomic mass is 10.2. The fourth-order valence-electron chi connectivity index (χ4n) is 0.834. The topological polar surface area (TPSA) is 37.3 Å². The van der Waals surface area contributed by atoms with Gasteiger partial charge in [-0.05, 0) is 18.4 Å². The highest BCUT2D eigenvalue weighted by Crippen LogP contribution is 2.28. The average Bonchev–Trinajstić information content (AvgIpc) is 2.04. The maximum Gasteiger partial charge on any atom is 0.337 e. The Hall–Kier alpha value is -0.670. The molecule has 0 aliphatic carbocycles. The first-order chi connectivity index (χ1) is 5.66. The largest absolute Gasteiger partial charge is 0.478 e. The smallest absolute Gasteiger partial charge is 0.337 e. The van der Waals surface area contributed by atoms with Gasteiger partial charge in [-0.1, -0.05) is 17.7 Å². The summed E-state index contributed by atoms with van der Waals surface area (Å²) >= 11 is 7.23. The van der Waals surface area contributed by atoms with E-state index < -0.39 is 5.97 Å². The van der Waals surface area contributed by atoms with Gasteiger partial charge >= 0.3 is 5.97 Å². The van der Waals surface area contributed by atoms with Crippen molar-refractivity contribution in [1.82, 2.24) is 0 Å². The molecule has 0 spiro atoms. The monoisotopic (exact) mass is 202 g/mol. The fraction of sp³-hybridized carbons (Fsp3) is 0.125. The van der Waals surface area contributed by atoms with Crippen LogP contribution in [0.4, 0.5) is 0 Å². The molecule has 0 aliphatic heterocycles. The molecule has 0 heterocycles. The van der Waals surface area contributed by atoms with Crippen molar-refractivity contribution in [3.8, 4) is 0 Å². The van der Waals surface area contributed by atoms with E-state index in [4.69, 9.17) is 16.7 Å². The Morgan fingerprint density at radius 2 is 2.25 bits per heavy atom. The van der Waals surface area contributed by atoms with Gasteiger partial charge in [0.25, 0.3) is 0 Å². The molecule has 4 heteroatoms. The summed E-state index contributed by atoms with van der Waals surface area (Å²) in [5, 5.41) is 9.01. The summed E-state index contributed by atoms with van der Waals surface area (Å²) in [5.41, 5.74) is 0.156. The average molecular weight is 203 g/mol. The van der Waals surface area contributed by atoms with Crippen LogP contribution in [0, 0.1) is 0 Å². The molecule has 12 heavy (non-hydrogen) atoms. The number of carboxylic acids is 1. The van der Waals surface area contributed by atoms with E-state index in [2.05, 4.69) is 0 Å². The molecule has 0 unspecified atom stereocenters. The summed E-state index contributed by atoms with van der Waals surface area (Å²) in [6, 6.07) is 4.96. The molecule has 0 saturated heterocycles. The van der Waals surface area contributed by atoms with Crippen molar-refractivity contribution in [2.75, 3.05) is 6.26 Å². The zero-order valence-electron chi connectivity index (χ0n) is 6.37. The van der Waals surface area contributed by atoms with Gasteiger partial charge in [0, 0.05) is 4.90 Å². The zero-order chi connectivity index (χ0) is 9.14. The van der Waals surface area contributed by atoms with Crippen molar-refractivity contribution in [2.45, 2.75) is 4.90 Å². The highest BCUT2D eigenvalue weighted by atomic mass is 35.5. The summed E-state index contributed by atoms with van der Waals surface area (Å²) < 4.78 is 0. The molecule has 2 nitrogen and oxygen atoms in total. The SMILES string of the molecule is CSc1cccc(C(=O)O)c1Cl. The minimum absolute atomic E-state index is 0.156. The summed E-state index contributed by atoms with van der Waals surface area (Å²) in [6.45, 7) is 0. The third kappa shape index (κ3) is 1.73. The van der Waals surface area contributed by atoms with Gasteiger partial charge in [-0.15, -0.1) is 11.8 Å². The molecule has 0 aromatic heterocycles. The van der Waals surface area contributed by atoms with Crippen molar-refractivity contribution < 1.29 is 9.90 Å². The van der Waals surface area contributed by atoms with Gasteiger partial charge < -0.3 is 5.11 Å². The molecule has 0 bridgehead atoms. The van der Waals surface area contributed by atoms with Crippen LogP contribution in [0.5, 0.6) is 0 Å². The first-order valence-electron chi connectivity index (χ1n) is 3.22. The predicted molar refractivity (Wildman–Crippen MR) is 50.2 cm³/mol. The molecule has 0 aliphatic rings. The van der Waals surface area contributed by atoms with E-state index in [9.17, 15) is 4.79 Å². The van der Waals surface area contributed by atoms with Crippen LogP contribution in [0.2, 0.25) is 5.02 Å². The van der Waals surface area contributed by atoms with Gasteiger partial charge in [-0.2, -0.15) is 0 Å². The Morgan fingerprint density at radius 3 is 2.75 bits per heavy atom. The van der Waals surface area contributed by atoms with E-state index in [1.165, 1.54) is 17.8 Å². The minimum Gasteiger partial charge on any atom is -0.478 e. The third-order valence-electron chi connectivity index (χ3n) is 1.41. The second-order valence-corrected chi connectivity index (χ2v) is 3.35. The Morgan fingerprint density at radius 1 is 1.58 bits per heavy atom. The van der Waals surface area contributed by atoms with E-state index in [-0.39, 0.29) is 5.56 Å². The van der Waals surface area contributed by atoms with Crippen LogP contribution < -0.4 is 0 Å². The molecule has 1 N–H and O–H groups in total. The quantitative estimate of drug-likeness (QED) is 0.750. The number of carboxylic acid groups (broad SMARTS) is 1.